The molecule has 1 heterocycles. The summed E-state index contributed by atoms with van der Waals surface area (Å²) in [7, 11) is 1.75. The highest BCUT2D eigenvalue weighted by molar-refractivity contribution is 5.42. The minimum absolute atomic E-state index is 0.00654. The van der Waals surface area contributed by atoms with Gasteiger partial charge < -0.3 is 9.88 Å². The molecule has 0 bridgehead atoms. The van der Waals surface area contributed by atoms with E-state index >= 15 is 0 Å². The van der Waals surface area contributed by atoms with Crippen LogP contribution in [0.4, 0.5) is 5.69 Å². The third kappa shape index (κ3) is 2.80. The van der Waals surface area contributed by atoms with Crippen LogP contribution in [0, 0.1) is 13.8 Å². The Morgan fingerprint density at radius 2 is 1.94 bits per heavy atom. The lowest BCUT2D eigenvalue weighted by molar-refractivity contribution is 0.859. The molecule has 0 fully saturated rings. The Kier molecular flexibility index (Phi) is 3.51. The molecule has 1 N–H and O–H groups in total. The van der Waals surface area contributed by atoms with Crippen LogP contribution in [0.1, 0.15) is 16.7 Å². The Labute approximate surface area is 107 Å². The predicted octanol–water partition coefficient (Wildman–Crippen LogP) is 2.61. The van der Waals surface area contributed by atoms with Crippen LogP contribution in [0.2, 0.25) is 0 Å². The molecule has 0 saturated heterocycles. The summed E-state index contributed by atoms with van der Waals surface area (Å²) in [6.45, 7) is 4.98. The molecule has 0 amide bonds. The van der Waals surface area contributed by atoms with Crippen molar-refractivity contribution in [1.29, 1.82) is 0 Å². The second kappa shape index (κ2) is 5.08. The first-order valence-corrected chi connectivity index (χ1v) is 6.03. The van der Waals surface area contributed by atoms with E-state index in [-0.39, 0.29) is 5.56 Å². The number of hydrogen-bond donors (Lipinski definition) is 1. The lowest BCUT2D eigenvalue weighted by Crippen LogP contribution is -2.15. The molecule has 2 aromatic rings. The van der Waals surface area contributed by atoms with E-state index in [9.17, 15) is 4.79 Å². The van der Waals surface area contributed by atoms with Gasteiger partial charge in [-0.15, -0.1) is 0 Å². The van der Waals surface area contributed by atoms with Gasteiger partial charge >= 0.3 is 0 Å². The Bertz CT molecular complexity index is 614. The molecule has 1 aromatic carbocycles. The Hall–Kier alpha value is -2.03. The molecule has 2 rings (SSSR count). The number of nitrogens with zero attached hydrogens (tertiary/aromatic N) is 1. The van der Waals surface area contributed by atoms with E-state index in [1.165, 1.54) is 16.7 Å². The lowest BCUT2D eigenvalue weighted by Gasteiger charge is -2.10. The summed E-state index contributed by atoms with van der Waals surface area (Å²) in [6, 6.07) is 9.82. The standard InChI is InChI=1S/C15H18N2O/c1-11-4-5-13(12(2)8-11)9-16-14-6-7-15(18)17(3)10-14/h4-8,10,16H,9H2,1-3H3. The van der Waals surface area contributed by atoms with E-state index in [4.69, 9.17) is 0 Å². The summed E-state index contributed by atoms with van der Waals surface area (Å²) in [5.41, 5.74) is 4.80. The van der Waals surface area contributed by atoms with Gasteiger partial charge in [-0.1, -0.05) is 23.8 Å². The third-order valence-electron chi connectivity index (χ3n) is 3.07. The molecular weight excluding hydrogens is 224 g/mol. The van der Waals surface area contributed by atoms with Crippen molar-refractivity contribution in [2.75, 3.05) is 5.32 Å². The maximum absolute atomic E-state index is 11.3. The zero-order chi connectivity index (χ0) is 13.1. The fraction of sp³-hybridized carbons (Fsp3) is 0.267. The topological polar surface area (TPSA) is 34.0 Å². The number of pyridine rings is 1. The SMILES string of the molecule is Cc1ccc(CNc2ccc(=O)n(C)c2)c(C)c1. The molecule has 3 heteroatoms. The van der Waals surface area contributed by atoms with Crippen LogP contribution in [0.3, 0.4) is 0 Å². The van der Waals surface area contributed by atoms with Gasteiger partial charge in [0.05, 0.1) is 5.69 Å². The van der Waals surface area contributed by atoms with E-state index in [0.29, 0.717) is 0 Å². The average Bonchev–Trinajstić information content (AvgIpc) is 2.32. The fourth-order valence-corrected chi connectivity index (χ4v) is 1.94. The summed E-state index contributed by atoms with van der Waals surface area (Å²) < 4.78 is 1.57. The molecule has 94 valence electrons. The second-order valence-electron chi connectivity index (χ2n) is 4.65. The summed E-state index contributed by atoms with van der Waals surface area (Å²) in [5.74, 6) is 0. The van der Waals surface area contributed by atoms with Crippen molar-refractivity contribution >= 4 is 5.69 Å². The highest BCUT2D eigenvalue weighted by Crippen LogP contribution is 2.12. The Balaban J connectivity index is 2.11. The van der Waals surface area contributed by atoms with Crippen molar-refractivity contribution in [3.63, 3.8) is 0 Å². The minimum Gasteiger partial charge on any atom is -0.380 e. The number of hydrogen-bond acceptors (Lipinski definition) is 2. The fourth-order valence-electron chi connectivity index (χ4n) is 1.94. The van der Waals surface area contributed by atoms with Gasteiger partial charge in [0.2, 0.25) is 5.56 Å². The number of nitrogens with one attached hydrogen (secondary N) is 1. The van der Waals surface area contributed by atoms with Crippen LogP contribution in [-0.2, 0) is 13.6 Å². The van der Waals surface area contributed by atoms with Crippen molar-refractivity contribution in [3.05, 3.63) is 63.6 Å². The van der Waals surface area contributed by atoms with E-state index in [1.807, 2.05) is 12.3 Å². The highest BCUT2D eigenvalue weighted by atomic mass is 16.1. The number of aromatic nitrogens is 1. The predicted molar refractivity (Wildman–Crippen MR) is 74.9 cm³/mol. The molecule has 0 atom stereocenters. The third-order valence-corrected chi connectivity index (χ3v) is 3.07. The van der Waals surface area contributed by atoms with Crippen molar-refractivity contribution in [2.24, 2.45) is 7.05 Å². The molecule has 1 aromatic heterocycles. The number of rotatable bonds is 3. The van der Waals surface area contributed by atoms with Gasteiger partial charge in [-0.25, -0.2) is 0 Å². The van der Waals surface area contributed by atoms with Crippen molar-refractivity contribution < 1.29 is 0 Å². The van der Waals surface area contributed by atoms with Gasteiger partial charge in [0.25, 0.3) is 0 Å². The van der Waals surface area contributed by atoms with Gasteiger partial charge in [0, 0.05) is 25.9 Å². The maximum atomic E-state index is 11.3. The first kappa shape index (κ1) is 12.4. The van der Waals surface area contributed by atoms with Crippen LogP contribution in [0.5, 0.6) is 0 Å². The second-order valence-corrected chi connectivity index (χ2v) is 4.65. The largest absolute Gasteiger partial charge is 0.380 e. The molecule has 3 nitrogen and oxygen atoms in total. The number of aryl methyl sites for hydroxylation is 3. The monoisotopic (exact) mass is 242 g/mol. The zero-order valence-corrected chi connectivity index (χ0v) is 11.0. The van der Waals surface area contributed by atoms with E-state index in [1.54, 1.807) is 17.7 Å². The molecule has 0 aliphatic carbocycles. The molecule has 0 aliphatic rings. The van der Waals surface area contributed by atoms with Crippen LogP contribution in [0.15, 0.2) is 41.3 Å². The molecular formula is C15H18N2O. The van der Waals surface area contributed by atoms with Gasteiger partial charge in [-0.2, -0.15) is 0 Å². The van der Waals surface area contributed by atoms with E-state index in [0.717, 1.165) is 12.2 Å². The summed E-state index contributed by atoms with van der Waals surface area (Å²) in [4.78, 5) is 11.3. The summed E-state index contributed by atoms with van der Waals surface area (Å²) >= 11 is 0. The average molecular weight is 242 g/mol. The van der Waals surface area contributed by atoms with Gasteiger partial charge in [0.1, 0.15) is 0 Å². The first-order chi connectivity index (χ1) is 8.56. The van der Waals surface area contributed by atoms with Crippen LogP contribution in [-0.4, -0.2) is 4.57 Å². The lowest BCUT2D eigenvalue weighted by atomic mass is 10.1. The molecule has 0 aliphatic heterocycles. The van der Waals surface area contributed by atoms with Gasteiger partial charge in [0.15, 0.2) is 0 Å². The first-order valence-electron chi connectivity index (χ1n) is 6.03. The van der Waals surface area contributed by atoms with Gasteiger partial charge in [-0.3, -0.25) is 4.79 Å². The molecule has 18 heavy (non-hydrogen) atoms. The van der Waals surface area contributed by atoms with Gasteiger partial charge in [-0.05, 0) is 31.0 Å². The Morgan fingerprint density at radius 3 is 2.61 bits per heavy atom. The molecule has 0 radical (unpaired) electrons. The van der Waals surface area contributed by atoms with Crippen LogP contribution < -0.4 is 10.9 Å². The minimum atomic E-state index is 0.00654. The molecule has 0 unspecified atom stereocenters. The highest BCUT2D eigenvalue weighted by Gasteiger charge is 1.99. The van der Waals surface area contributed by atoms with Crippen LogP contribution in [0.25, 0.3) is 0 Å². The molecule has 0 saturated carbocycles. The van der Waals surface area contributed by atoms with Crippen molar-refractivity contribution in [3.8, 4) is 0 Å². The summed E-state index contributed by atoms with van der Waals surface area (Å²) in [6.07, 6.45) is 1.81. The van der Waals surface area contributed by atoms with Crippen molar-refractivity contribution in [1.82, 2.24) is 4.57 Å². The number of benzene rings is 1. The maximum Gasteiger partial charge on any atom is 0.250 e. The molecule has 0 spiro atoms. The van der Waals surface area contributed by atoms with Crippen molar-refractivity contribution in [2.45, 2.75) is 20.4 Å². The number of anilines is 1. The van der Waals surface area contributed by atoms with E-state index < -0.39 is 0 Å². The zero-order valence-electron chi connectivity index (χ0n) is 11.0. The normalized spacial score (nSPS) is 10.4. The summed E-state index contributed by atoms with van der Waals surface area (Å²) in [5, 5.41) is 3.33. The smallest absolute Gasteiger partial charge is 0.250 e. The quantitative estimate of drug-likeness (QED) is 0.897. The van der Waals surface area contributed by atoms with Crippen LogP contribution >= 0.6 is 0 Å². The Morgan fingerprint density at radius 1 is 1.17 bits per heavy atom. The van der Waals surface area contributed by atoms with E-state index in [2.05, 4.69) is 37.4 Å².